The molecule has 0 radical (unpaired) electrons. The van der Waals surface area contributed by atoms with Crippen LogP contribution in [0, 0.1) is 6.92 Å². The molecule has 124 valence electrons. The van der Waals surface area contributed by atoms with E-state index in [4.69, 9.17) is 4.74 Å². The molecule has 0 bridgehead atoms. The number of hydrogen-bond donors (Lipinski definition) is 1. The van der Waals surface area contributed by atoms with Gasteiger partial charge in [0, 0.05) is 0 Å². The first kappa shape index (κ1) is 17.7. The predicted octanol–water partition coefficient (Wildman–Crippen LogP) is 3.93. The number of allylic oxidation sites excluding steroid dienone is 4. The lowest BCUT2D eigenvalue weighted by Crippen LogP contribution is -2.00. The van der Waals surface area contributed by atoms with Gasteiger partial charge in [-0.1, -0.05) is 54.2 Å². The first-order chi connectivity index (χ1) is 10.9. The SMILES string of the molecule is Cc1ccc(S(=O)(=O)O)c(C=CC=CCC=CCC2OC2C)c1. The first-order valence-corrected chi connectivity index (χ1v) is 9.04. The lowest BCUT2D eigenvalue weighted by Gasteiger charge is -2.03. The molecule has 5 heteroatoms. The summed E-state index contributed by atoms with van der Waals surface area (Å²) < 4.78 is 37.2. The fourth-order valence-electron chi connectivity index (χ4n) is 2.23. The molecule has 1 aliphatic heterocycles. The van der Waals surface area contributed by atoms with Crippen LogP contribution in [0.3, 0.4) is 0 Å². The maximum atomic E-state index is 11.3. The van der Waals surface area contributed by atoms with Gasteiger partial charge in [-0.15, -0.1) is 0 Å². The van der Waals surface area contributed by atoms with Crippen LogP contribution in [0.1, 0.15) is 30.9 Å². The van der Waals surface area contributed by atoms with Crippen LogP contribution in [0.15, 0.2) is 53.5 Å². The minimum absolute atomic E-state index is 0.0776. The molecule has 1 fully saturated rings. The molecule has 1 N–H and O–H groups in total. The van der Waals surface area contributed by atoms with E-state index in [9.17, 15) is 13.0 Å². The largest absolute Gasteiger partial charge is 0.370 e. The molecular formula is C18H22O4S. The van der Waals surface area contributed by atoms with Crippen molar-refractivity contribution in [3.8, 4) is 0 Å². The van der Waals surface area contributed by atoms with Crippen LogP contribution >= 0.6 is 0 Å². The second-order valence-corrected chi connectivity index (χ2v) is 7.02. The standard InChI is InChI=1S/C18H22O4S/c1-14-11-12-18(23(19,20)21)16(13-14)9-7-5-3-4-6-8-10-17-15(2)22-17/h3,5-9,11-13,15,17H,4,10H2,1-2H3,(H,19,20,21). The fourth-order valence-corrected chi connectivity index (χ4v) is 2.90. The normalized spacial score (nSPS) is 21.7. The Labute approximate surface area is 137 Å². The van der Waals surface area contributed by atoms with Gasteiger partial charge >= 0.3 is 0 Å². The Morgan fingerprint density at radius 3 is 2.61 bits per heavy atom. The van der Waals surface area contributed by atoms with Crippen molar-refractivity contribution in [1.82, 2.24) is 0 Å². The highest BCUT2D eigenvalue weighted by atomic mass is 32.2. The molecule has 2 rings (SSSR count). The third kappa shape index (κ3) is 5.78. The Hall–Kier alpha value is -1.69. The summed E-state index contributed by atoms with van der Waals surface area (Å²) >= 11 is 0. The van der Waals surface area contributed by atoms with Crippen LogP contribution in [0.2, 0.25) is 0 Å². The van der Waals surface area contributed by atoms with E-state index in [1.165, 1.54) is 6.07 Å². The van der Waals surface area contributed by atoms with Gasteiger partial charge in [0.25, 0.3) is 10.1 Å². The summed E-state index contributed by atoms with van der Waals surface area (Å²) in [5.41, 5.74) is 1.41. The molecule has 2 atom stereocenters. The molecule has 0 aliphatic carbocycles. The van der Waals surface area contributed by atoms with Crippen molar-refractivity contribution in [3.63, 3.8) is 0 Å². The van der Waals surface area contributed by atoms with Gasteiger partial charge in [-0.2, -0.15) is 8.42 Å². The molecule has 0 saturated carbocycles. The minimum Gasteiger partial charge on any atom is -0.370 e. The molecule has 4 nitrogen and oxygen atoms in total. The Bertz CT molecular complexity index is 729. The summed E-state index contributed by atoms with van der Waals surface area (Å²) in [6, 6.07) is 4.80. The molecule has 2 unspecified atom stereocenters. The van der Waals surface area contributed by atoms with Crippen molar-refractivity contribution < 1.29 is 17.7 Å². The molecular weight excluding hydrogens is 312 g/mol. The van der Waals surface area contributed by atoms with Gasteiger partial charge in [0.1, 0.15) is 4.90 Å². The lowest BCUT2D eigenvalue weighted by molar-refractivity contribution is 0.380. The fraction of sp³-hybridized carbons (Fsp3) is 0.333. The van der Waals surface area contributed by atoms with E-state index in [-0.39, 0.29) is 4.90 Å². The Balaban J connectivity index is 1.90. The third-order valence-electron chi connectivity index (χ3n) is 3.61. The minimum atomic E-state index is -4.21. The van der Waals surface area contributed by atoms with Crippen molar-refractivity contribution >= 4 is 16.2 Å². The van der Waals surface area contributed by atoms with Gasteiger partial charge in [0.2, 0.25) is 0 Å². The van der Waals surface area contributed by atoms with E-state index < -0.39 is 10.1 Å². The van der Waals surface area contributed by atoms with Crippen molar-refractivity contribution in [1.29, 1.82) is 0 Å². The highest BCUT2D eigenvalue weighted by molar-refractivity contribution is 7.85. The van der Waals surface area contributed by atoms with E-state index in [1.807, 2.05) is 19.1 Å². The van der Waals surface area contributed by atoms with Gasteiger partial charge in [0.15, 0.2) is 0 Å². The first-order valence-electron chi connectivity index (χ1n) is 7.60. The highest BCUT2D eigenvalue weighted by Gasteiger charge is 2.32. The van der Waals surface area contributed by atoms with Crippen LogP contribution in [-0.4, -0.2) is 25.2 Å². The van der Waals surface area contributed by atoms with Crippen LogP contribution in [0.25, 0.3) is 6.08 Å². The maximum Gasteiger partial charge on any atom is 0.295 e. The van der Waals surface area contributed by atoms with E-state index in [1.54, 1.807) is 24.3 Å². The zero-order valence-corrected chi connectivity index (χ0v) is 14.2. The van der Waals surface area contributed by atoms with Gasteiger partial charge in [-0.05, 0) is 38.3 Å². The number of hydrogen-bond acceptors (Lipinski definition) is 3. The summed E-state index contributed by atoms with van der Waals surface area (Å²) in [5, 5.41) is 0. The molecule has 0 aromatic heterocycles. The second kappa shape index (κ2) is 7.73. The van der Waals surface area contributed by atoms with Crippen LogP contribution in [-0.2, 0) is 14.9 Å². The number of ether oxygens (including phenoxy) is 1. The number of rotatable bonds is 7. The van der Waals surface area contributed by atoms with Crippen LogP contribution < -0.4 is 0 Å². The summed E-state index contributed by atoms with van der Waals surface area (Å²) in [6.45, 7) is 3.94. The molecule has 1 aromatic carbocycles. The zero-order chi connectivity index (χ0) is 16.9. The molecule has 1 aliphatic rings. The Morgan fingerprint density at radius 2 is 1.96 bits per heavy atom. The topological polar surface area (TPSA) is 66.9 Å². The predicted molar refractivity (Wildman–Crippen MR) is 91.9 cm³/mol. The maximum absolute atomic E-state index is 11.3. The third-order valence-corrected chi connectivity index (χ3v) is 4.54. The Morgan fingerprint density at radius 1 is 1.22 bits per heavy atom. The highest BCUT2D eigenvalue weighted by Crippen LogP contribution is 2.24. The van der Waals surface area contributed by atoms with E-state index in [0.717, 1.165) is 18.4 Å². The van der Waals surface area contributed by atoms with Crippen molar-refractivity contribution in [2.45, 2.75) is 43.8 Å². The smallest absolute Gasteiger partial charge is 0.295 e. The number of aryl methyl sites for hydroxylation is 1. The molecule has 1 heterocycles. The van der Waals surface area contributed by atoms with Crippen molar-refractivity contribution in [2.24, 2.45) is 0 Å². The quantitative estimate of drug-likeness (QED) is 0.355. The lowest BCUT2D eigenvalue weighted by atomic mass is 10.1. The number of benzene rings is 1. The van der Waals surface area contributed by atoms with Gasteiger partial charge in [-0.3, -0.25) is 4.55 Å². The van der Waals surface area contributed by atoms with E-state index in [2.05, 4.69) is 19.1 Å². The molecule has 1 aromatic rings. The van der Waals surface area contributed by atoms with Crippen molar-refractivity contribution in [2.75, 3.05) is 0 Å². The van der Waals surface area contributed by atoms with E-state index in [0.29, 0.717) is 17.8 Å². The average Bonchev–Trinajstić information content (AvgIpc) is 3.16. The summed E-state index contributed by atoms with van der Waals surface area (Å²) in [5.74, 6) is 0. The Kier molecular flexibility index (Phi) is 5.93. The summed E-state index contributed by atoms with van der Waals surface area (Å²) in [6.07, 6.45) is 14.0. The van der Waals surface area contributed by atoms with Crippen LogP contribution in [0.5, 0.6) is 0 Å². The average molecular weight is 334 g/mol. The zero-order valence-electron chi connectivity index (χ0n) is 13.3. The number of epoxide rings is 1. The van der Waals surface area contributed by atoms with Gasteiger partial charge in [-0.25, -0.2) is 0 Å². The molecule has 0 amide bonds. The van der Waals surface area contributed by atoms with Crippen LogP contribution in [0.4, 0.5) is 0 Å². The molecule has 1 saturated heterocycles. The van der Waals surface area contributed by atoms with E-state index >= 15 is 0 Å². The summed E-state index contributed by atoms with van der Waals surface area (Å²) in [4.78, 5) is -0.0776. The van der Waals surface area contributed by atoms with Crippen molar-refractivity contribution in [3.05, 3.63) is 59.7 Å². The summed E-state index contributed by atoms with van der Waals surface area (Å²) in [7, 11) is -4.21. The second-order valence-electron chi connectivity index (χ2n) is 5.63. The van der Waals surface area contributed by atoms with Gasteiger partial charge in [0.05, 0.1) is 12.2 Å². The molecule has 23 heavy (non-hydrogen) atoms. The van der Waals surface area contributed by atoms with Gasteiger partial charge < -0.3 is 4.74 Å². The molecule has 0 spiro atoms. The monoisotopic (exact) mass is 334 g/mol.